The third-order valence-corrected chi connectivity index (χ3v) is 3.37. The average molecular weight is 301 g/mol. The van der Waals surface area contributed by atoms with Crippen molar-refractivity contribution in [3.63, 3.8) is 0 Å². The molecule has 1 aromatic carbocycles. The zero-order valence-electron chi connectivity index (χ0n) is 11.2. The number of ether oxygens (including phenoxy) is 1. The van der Waals surface area contributed by atoms with Crippen molar-refractivity contribution in [1.29, 1.82) is 0 Å². The Labute approximate surface area is 117 Å². The number of nitrogens with zero attached hydrogens (tertiary/aromatic N) is 1. The molecule has 1 aliphatic rings. The van der Waals surface area contributed by atoms with E-state index in [-0.39, 0.29) is 11.4 Å². The largest absolute Gasteiger partial charge is 0.492 e. The number of anilines is 1. The zero-order valence-corrected chi connectivity index (χ0v) is 12.1. The highest BCUT2D eigenvalue weighted by Gasteiger charge is 2.18. The second-order valence-corrected chi connectivity index (χ2v) is 6.17. The van der Waals surface area contributed by atoms with Crippen LogP contribution in [0.25, 0.3) is 0 Å². The predicted molar refractivity (Wildman–Crippen MR) is 75.4 cm³/mol. The molecule has 2 N–H and O–H groups in total. The van der Waals surface area contributed by atoms with Gasteiger partial charge < -0.3 is 10.1 Å². The third-order valence-electron chi connectivity index (χ3n) is 2.78. The van der Waals surface area contributed by atoms with Crippen LogP contribution in [0.1, 0.15) is 5.56 Å². The Morgan fingerprint density at radius 2 is 2.25 bits per heavy atom. The number of aliphatic imine (C=N–C) groups is 1. The summed E-state index contributed by atoms with van der Waals surface area (Å²) in [4.78, 5) is 4.20. The van der Waals surface area contributed by atoms with Crippen LogP contribution >= 0.6 is 0 Å². The molecule has 0 saturated heterocycles. The van der Waals surface area contributed by atoms with E-state index in [0.29, 0.717) is 18.5 Å². The van der Waals surface area contributed by atoms with E-state index >= 15 is 0 Å². The number of hydrogen-bond acceptors (Lipinski definition) is 5. The molecule has 0 radical (unpaired) electrons. The molecular formula is C12H16FN3O3S. The highest BCUT2D eigenvalue weighted by atomic mass is 32.2. The van der Waals surface area contributed by atoms with Crippen LogP contribution in [-0.4, -0.2) is 40.7 Å². The van der Waals surface area contributed by atoms with Gasteiger partial charge in [-0.3, -0.25) is 9.71 Å². The summed E-state index contributed by atoms with van der Waals surface area (Å²) in [5.74, 6) is 0.0128. The standard InChI is InChI=1S/C12H16FN3O3S/c1-19-12-9(16-20(2,17)18)4-3-8(11(12)13)7-10-14-5-6-15-10/h3-4,16H,5-7H2,1-2H3,(H,14,15). The van der Waals surface area contributed by atoms with Gasteiger partial charge in [-0.25, -0.2) is 12.8 Å². The fourth-order valence-electron chi connectivity index (χ4n) is 1.96. The van der Waals surface area contributed by atoms with Gasteiger partial charge in [0.2, 0.25) is 10.0 Å². The van der Waals surface area contributed by atoms with Crippen molar-refractivity contribution < 1.29 is 17.5 Å². The topological polar surface area (TPSA) is 79.8 Å². The molecule has 0 bridgehead atoms. The average Bonchev–Trinajstić information content (AvgIpc) is 2.84. The maximum absolute atomic E-state index is 14.3. The molecule has 0 fully saturated rings. The SMILES string of the molecule is COc1c(NS(C)(=O)=O)ccc(CC2=NCCN2)c1F. The Kier molecular flexibility index (Phi) is 4.12. The lowest BCUT2D eigenvalue weighted by molar-refractivity contribution is 0.387. The maximum atomic E-state index is 14.3. The lowest BCUT2D eigenvalue weighted by atomic mass is 10.1. The van der Waals surface area contributed by atoms with Crippen molar-refractivity contribution in [2.24, 2.45) is 4.99 Å². The number of amidine groups is 1. The molecule has 0 unspecified atom stereocenters. The monoisotopic (exact) mass is 301 g/mol. The Balaban J connectivity index is 2.32. The summed E-state index contributed by atoms with van der Waals surface area (Å²) in [7, 11) is -2.20. The highest BCUT2D eigenvalue weighted by Crippen LogP contribution is 2.31. The van der Waals surface area contributed by atoms with Gasteiger partial charge >= 0.3 is 0 Å². The predicted octanol–water partition coefficient (Wildman–Crippen LogP) is 0.750. The minimum absolute atomic E-state index is 0.0811. The molecule has 8 heteroatoms. The first-order valence-corrected chi connectivity index (χ1v) is 7.90. The smallest absolute Gasteiger partial charge is 0.229 e. The van der Waals surface area contributed by atoms with E-state index in [1.807, 2.05) is 0 Å². The normalized spacial score (nSPS) is 14.7. The van der Waals surface area contributed by atoms with Gasteiger partial charge in [-0.05, 0) is 11.6 Å². The molecule has 0 amide bonds. The number of benzene rings is 1. The van der Waals surface area contributed by atoms with E-state index in [1.54, 1.807) is 0 Å². The number of rotatable bonds is 5. The Morgan fingerprint density at radius 3 is 2.80 bits per heavy atom. The minimum Gasteiger partial charge on any atom is -0.492 e. The molecule has 1 aliphatic heterocycles. The first kappa shape index (κ1) is 14.6. The van der Waals surface area contributed by atoms with Crippen LogP contribution in [0, 0.1) is 5.82 Å². The lowest BCUT2D eigenvalue weighted by Crippen LogP contribution is -2.21. The lowest BCUT2D eigenvalue weighted by Gasteiger charge is -2.13. The molecule has 0 saturated carbocycles. The highest BCUT2D eigenvalue weighted by molar-refractivity contribution is 7.92. The number of sulfonamides is 1. The summed E-state index contributed by atoms with van der Waals surface area (Å²) >= 11 is 0. The first-order chi connectivity index (χ1) is 9.40. The van der Waals surface area contributed by atoms with Crippen LogP contribution in [-0.2, 0) is 16.4 Å². The van der Waals surface area contributed by atoms with Crippen molar-refractivity contribution in [1.82, 2.24) is 5.32 Å². The summed E-state index contributed by atoms with van der Waals surface area (Å²) in [6.07, 6.45) is 1.32. The van der Waals surface area contributed by atoms with Gasteiger partial charge in [0.25, 0.3) is 0 Å². The van der Waals surface area contributed by atoms with Gasteiger partial charge in [0.1, 0.15) is 5.84 Å². The van der Waals surface area contributed by atoms with E-state index < -0.39 is 15.8 Å². The van der Waals surface area contributed by atoms with E-state index in [1.165, 1.54) is 19.2 Å². The van der Waals surface area contributed by atoms with Crippen molar-refractivity contribution in [2.45, 2.75) is 6.42 Å². The van der Waals surface area contributed by atoms with Crippen molar-refractivity contribution in [3.8, 4) is 5.75 Å². The van der Waals surface area contributed by atoms with Gasteiger partial charge in [0.05, 0.1) is 25.6 Å². The van der Waals surface area contributed by atoms with Crippen molar-refractivity contribution >= 4 is 21.5 Å². The Morgan fingerprint density at radius 1 is 1.50 bits per heavy atom. The molecule has 1 heterocycles. The number of hydrogen-bond donors (Lipinski definition) is 2. The summed E-state index contributed by atoms with van der Waals surface area (Å²) in [5, 5.41) is 3.05. The van der Waals surface area contributed by atoms with Crippen LogP contribution < -0.4 is 14.8 Å². The second kappa shape index (κ2) is 5.66. The van der Waals surface area contributed by atoms with Crippen molar-refractivity contribution in [3.05, 3.63) is 23.5 Å². The number of methoxy groups -OCH3 is 1. The fourth-order valence-corrected chi connectivity index (χ4v) is 2.52. The molecule has 0 spiro atoms. The van der Waals surface area contributed by atoms with Gasteiger partial charge in [-0.15, -0.1) is 0 Å². The molecule has 0 atom stereocenters. The van der Waals surface area contributed by atoms with Gasteiger partial charge in [0.15, 0.2) is 11.6 Å². The molecule has 1 aromatic rings. The molecule has 2 rings (SSSR count). The van der Waals surface area contributed by atoms with E-state index in [2.05, 4.69) is 15.0 Å². The van der Waals surface area contributed by atoms with E-state index in [0.717, 1.165) is 18.6 Å². The van der Waals surface area contributed by atoms with Crippen molar-refractivity contribution in [2.75, 3.05) is 31.2 Å². The van der Waals surface area contributed by atoms with Crippen LogP contribution in [0.15, 0.2) is 17.1 Å². The van der Waals surface area contributed by atoms with Gasteiger partial charge in [-0.1, -0.05) is 6.07 Å². The molecule has 20 heavy (non-hydrogen) atoms. The Hall–Kier alpha value is -1.83. The van der Waals surface area contributed by atoms with E-state index in [4.69, 9.17) is 4.74 Å². The second-order valence-electron chi connectivity index (χ2n) is 4.43. The zero-order chi connectivity index (χ0) is 14.8. The quantitative estimate of drug-likeness (QED) is 0.841. The summed E-state index contributed by atoms with van der Waals surface area (Å²) < 4.78 is 44.0. The molecule has 6 nitrogen and oxygen atoms in total. The maximum Gasteiger partial charge on any atom is 0.229 e. The summed E-state index contributed by atoms with van der Waals surface area (Å²) in [6, 6.07) is 3.00. The van der Waals surface area contributed by atoms with Crippen LogP contribution in [0.3, 0.4) is 0 Å². The number of halogens is 1. The molecule has 0 aliphatic carbocycles. The van der Waals surface area contributed by atoms with Gasteiger partial charge in [0, 0.05) is 13.0 Å². The van der Waals surface area contributed by atoms with Crippen LogP contribution in [0.5, 0.6) is 5.75 Å². The summed E-state index contributed by atoms with van der Waals surface area (Å²) in [5.41, 5.74) is 0.478. The fraction of sp³-hybridized carbons (Fsp3) is 0.417. The van der Waals surface area contributed by atoms with Gasteiger partial charge in [-0.2, -0.15) is 0 Å². The minimum atomic E-state index is -3.49. The molecule has 110 valence electrons. The summed E-state index contributed by atoms with van der Waals surface area (Å²) in [6.45, 7) is 1.43. The molecular weight excluding hydrogens is 285 g/mol. The first-order valence-electron chi connectivity index (χ1n) is 6.01. The molecule has 0 aromatic heterocycles. The number of nitrogens with one attached hydrogen (secondary N) is 2. The van der Waals surface area contributed by atoms with Crippen LogP contribution in [0.4, 0.5) is 10.1 Å². The third kappa shape index (κ3) is 3.38. The Bertz CT molecular complexity index is 644. The van der Waals surface area contributed by atoms with E-state index in [9.17, 15) is 12.8 Å². The van der Waals surface area contributed by atoms with Crippen LogP contribution in [0.2, 0.25) is 0 Å².